The Morgan fingerprint density at radius 1 is 1.14 bits per heavy atom. The standard InChI is InChI=1S/C21H22N6O2/c1-12-3-5-15(6-4-12)19-24-21(29-26-19)18-13(2)25-27-16(11-17(28)23-20(18)27)14-7-9-22-10-8-14/h3-6,11,14,22H,7-10H2,1-2H3,(H,23,28). The molecule has 0 saturated carbocycles. The van der Waals surface area contributed by atoms with E-state index in [1.165, 1.54) is 5.56 Å². The van der Waals surface area contributed by atoms with Gasteiger partial charge in [-0.15, -0.1) is 0 Å². The molecular formula is C21H22N6O2. The van der Waals surface area contributed by atoms with Crippen LogP contribution in [0, 0.1) is 13.8 Å². The molecule has 0 bridgehead atoms. The van der Waals surface area contributed by atoms with E-state index in [1.807, 2.05) is 42.6 Å². The maximum Gasteiger partial charge on any atom is 0.263 e. The number of hydrogen-bond acceptors (Lipinski definition) is 6. The van der Waals surface area contributed by atoms with Crippen molar-refractivity contribution in [2.75, 3.05) is 13.1 Å². The fourth-order valence-corrected chi connectivity index (χ4v) is 3.99. The number of benzene rings is 1. The zero-order valence-electron chi connectivity index (χ0n) is 16.4. The first-order valence-electron chi connectivity index (χ1n) is 9.84. The van der Waals surface area contributed by atoms with Gasteiger partial charge in [-0.1, -0.05) is 35.0 Å². The molecule has 4 aromatic rings. The number of rotatable bonds is 3. The second kappa shape index (κ2) is 6.97. The Labute approximate surface area is 167 Å². The maximum atomic E-state index is 12.4. The molecule has 1 aromatic carbocycles. The number of nitrogens with zero attached hydrogens (tertiary/aromatic N) is 4. The number of H-pyrrole nitrogens is 1. The molecule has 3 aromatic heterocycles. The van der Waals surface area contributed by atoms with Crippen LogP contribution in [0.4, 0.5) is 0 Å². The molecule has 0 amide bonds. The minimum Gasteiger partial charge on any atom is -0.333 e. The van der Waals surface area contributed by atoms with Crippen molar-refractivity contribution in [2.45, 2.75) is 32.6 Å². The highest BCUT2D eigenvalue weighted by Crippen LogP contribution is 2.31. The third-order valence-electron chi connectivity index (χ3n) is 5.53. The minimum absolute atomic E-state index is 0.148. The zero-order valence-corrected chi connectivity index (χ0v) is 16.4. The highest BCUT2D eigenvalue weighted by Gasteiger charge is 2.24. The van der Waals surface area contributed by atoms with Gasteiger partial charge >= 0.3 is 0 Å². The van der Waals surface area contributed by atoms with E-state index >= 15 is 0 Å². The number of nitrogens with one attached hydrogen (secondary N) is 2. The summed E-state index contributed by atoms with van der Waals surface area (Å²) in [6, 6.07) is 9.60. The van der Waals surface area contributed by atoms with E-state index in [-0.39, 0.29) is 5.56 Å². The number of aromatic amines is 1. The summed E-state index contributed by atoms with van der Waals surface area (Å²) in [5.74, 6) is 1.15. The summed E-state index contributed by atoms with van der Waals surface area (Å²) in [6.45, 7) is 5.80. The van der Waals surface area contributed by atoms with Gasteiger partial charge in [0, 0.05) is 17.5 Å². The van der Waals surface area contributed by atoms with Crippen molar-refractivity contribution in [3.63, 3.8) is 0 Å². The van der Waals surface area contributed by atoms with Gasteiger partial charge in [0.25, 0.3) is 11.4 Å². The molecule has 1 saturated heterocycles. The minimum atomic E-state index is -0.148. The predicted octanol–water partition coefficient (Wildman–Crippen LogP) is 2.82. The van der Waals surface area contributed by atoms with Crippen molar-refractivity contribution >= 4 is 5.65 Å². The average molecular weight is 390 g/mol. The van der Waals surface area contributed by atoms with E-state index in [4.69, 9.17) is 9.62 Å². The van der Waals surface area contributed by atoms with Crippen LogP contribution in [0.2, 0.25) is 0 Å². The summed E-state index contributed by atoms with van der Waals surface area (Å²) >= 11 is 0. The molecule has 0 atom stereocenters. The Morgan fingerprint density at radius 2 is 1.90 bits per heavy atom. The van der Waals surface area contributed by atoms with Crippen LogP contribution in [-0.2, 0) is 0 Å². The van der Waals surface area contributed by atoms with E-state index in [1.54, 1.807) is 6.07 Å². The summed E-state index contributed by atoms with van der Waals surface area (Å²) in [5.41, 5.74) is 4.83. The van der Waals surface area contributed by atoms with Crippen LogP contribution in [0.15, 0.2) is 39.6 Å². The number of fused-ring (bicyclic) bond motifs is 1. The summed E-state index contributed by atoms with van der Waals surface area (Å²) in [4.78, 5) is 19.9. The lowest BCUT2D eigenvalue weighted by Gasteiger charge is -2.23. The molecule has 5 rings (SSSR count). The van der Waals surface area contributed by atoms with E-state index in [2.05, 4.69) is 20.4 Å². The first-order chi connectivity index (χ1) is 14.1. The Kier molecular flexibility index (Phi) is 4.28. The number of aromatic nitrogens is 5. The average Bonchev–Trinajstić information content (AvgIpc) is 3.32. The van der Waals surface area contributed by atoms with Gasteiger partial charge in [-0.25, -0.2) is 4.52 Å². The SMILES string of the molecule is Cc1ccc(-c2noc(-c3c(C)nn4c(C5CCNCC5)cc(=O)[nH]c34)n2)cc1. The van der Waals surface area contributed by atoms with E-state index in [9.17, 15) is 4.79 Å². The van der Waals surface area contributed by atoms with Crippen LogP contribution in [0.1, 0.15) is 35.7 Å². The van der Waals surface area contributed by atoms with Gasteiger partial charge in [0.2, 0.25) is 5.82 Å². The molecule has 29 heavy (non-hydrogen) atoms. The topological polar surface area (TPSA) is 101 Å². The van der Waals surface area contributed by atoms with Crippen molar-refractivity contribution in [3.8, 4) is 22.8 Å². The molecule has 1 aliphatic rings. The van der Waals surface area contributed by atoms with Gasteiger partial charge in [-0.2, -0.15) is 10.1 Å². The molecule has 2 N–H and O–H groups in total. The molecular weight excluding hydrogens is 368 g/mol. The van der Waals surface area contributed by atoms with Gasteiger partial charge < -0.3 is 14.8 Å². The van der Waals surface area contributed by atoms with Crippen LogP contribution >= 0.6 is 0 Å². The largest absolute Gasteiger partial charge is 0.333 e. The highest BCUT2D eigenvalue weighted by atomic mass is 16.5. The molecule has 148 valence electrons. The van der Waals surface area contributed by atoms with Crippen LogP contribution in [0.5, 0.6) is 0 Å². The van der Waals surface area contributed by atoms with Gasteiger partial charge in [0.1, 0.15) is 11.2 Å². The van der Waals surface area contributed by atoms with Crippen LogP contribution in [-0.4, -0.2) is 37.8 Å². The van der Waals surface area contributed by atoms with E-state index < -0.39 is 0 Å². The molecule has 1 aliphatic heterocycles. The smallest absolute Gasteiger partial charge is 0.263 e. The summed E-state index contributed by atoms with van der Waals surface area (Å²) < 4.78 is 7.39. The van der Waals surface area contributed by atoms with Crippen LogP contribution in [0.25, 0.3) is 28.5 Å². The first-order valence-corrected chi connectivity index (χ1v) is 9.84. The third-order valence-corrected chi connectivity index (χ3v) is 5.53. The summed E-state index contributed by atoms with van der Waals surface area (Å²) in [5, 5.41) is 12.2. The zero-order chi connectivity index (χ0) is 20.0. The monoisotopic (exact) mass is 390 g/mol. The molecule has 4 heterocycles. The predicted molar refractivity (Wildman–Crippen MR) is 109 cm³/mol. The van der Waals surface area contributed by atoms with Crippen molar-refractivity contribution in [1.82, 2.24) is 30.1 Å². The third kappa shape index (κ3) is 3.15. The molecule has 0 radical (unpaired) electrons. The molecule has 8 heteroatoms. The molecule has 0 aliphatic carbocycles. The van der Waals surface area contributed by atoms with Gasteiger partial charge in [-0.05, 0) is 39.8 Å². The number of piperidine rings is 1. The van der Waals surface area contributed by atoms with Crippen molar-refractivity contribution < 1.29 is 4.52 Å². The number of aryl methyl sites for hydroxylation is 2. The fraction of sp³-hybridized carbons (Fsp3) is 0.333. The molecule has 0 unspecified atom stereocenters. The van der Waals surface area contributed by atoms with E-state index in [0.29, 0.717) is 28.8 Å². The Morgan fingerprint density at radius 3 is 2.66 bits per heavy atom. The highest BCUT2D eigenvalue weighted by molar-refractivity contribution is 5.75. The van der Waals surface area contributed by atoms with Crippen molar-refractivity contribution in [1.29, 1.82) is 0 Å². The molecule has 1 fully saturated rings. The van der Waals surface area contributed by atoms with Crippen LogP contribution in [0.3, 0.4) is 0 Å². The van der Waals surface area contributed by atoms with Crippen molar-refractivity contribution in [3.05, 3.63) is 57.6 Å². The van der Waals surface area contributed by atoms with Gasteiger partial charge in [-0.3, -0.25) is 4.79 Å². The Bertz CT molecular complexity index is 1230. The Hall–Kier alpha value is -3.26. The second-order valence-corrected chi connectivity index (χ2v) is 7.59. The maximum absolute atomic E-state index is 12.4. The Balaban J connectivity index is 1.62. The summed E-state index contributed by atoms with van der Waals surface area (Å²) in [6.07, 6.45) is 1.95. The number of hydrogen-bond donors (Lipinski definition) is 2. The first kappa shape index (κ1) is 17.8. The van der Waals surface area contributed by atoms with Gasteiger partial charge in [0.05, 0.1) is 11.4 Å². The van der Waals surface area contributed by atoms with Crippen LogP contribution < -0.4 is 10.9 Å². The van der Waals surface area contributed by atoms with Crippen molar-refractivity contribution in [2.24, 2.45) is 0 Å². The molecule has 8 nitrogen and oxygen atoms in total. The fourth-order valence-electron chi connectivity index (χ4n) is 3.99. The van der Waals surface area contributed by atoms with E-state index in [0.717, 1.165) is 42.9 Å². The normalized spacial score (nSPS) is 15.2. The lowest BCUT2D eigenvalue weighted by Crippen LogP contribution is -2.28. The second-order valence-electron chi connectivity index (χ2n) is 7.59. The van der Waals surface area contributed by atoms with Gasteiger partial charge in [0.15, 0.2) is 0 Å². The quantitative estimate of drug-likeness (QED) is 0.558. The summed E-state index contributed by atoms with van der Waals surface area (Å²) in [7, 11) is 0. The lowest BCUT2D eigenvalue weighted by molar-refractivity contribution is 0.432. The molecule has 0 spiro atoms. The lowest BCUT2D eigenvalue weighted by atomic mass is 9.94.